The summed E-state index contributed by atoms with van der Waals surface area (Å²) in [5, 5.41) is 11.0. The van der Waals surface area contributed by atoms with Gasteiger partial charge in [0.25, 0.3) is 0 Å². The van der Waals surface area contributed by atoms with Crippen LogP contribution in [-0.2, 0) is 6.54 Å². The summed E-state index contributed by atoms with van der Waals surface area (Å²) in [6.45, 7) is 4.99. The van der Waals surface area contributed by atoms with Gasteiger partial charge in [-0.05, 0) is 23.8 Å². The van der Waals surface area contributed by atoms with E-state index in [4.69, 9.17) is 11.6 Å². The summed E-state index contributed by atoms with van der Waals surface area (Å²) in [7, 11) is 0. The summed E-state index contributed by atoms with van der Waals surface area (Å²) in [5.74, 6) is -0.341. The van der Waals surface area contributed by atoms with Crippen molar-refractivity contribution in [2.75, 3.05) is 32.7 Å². The Hall–Kier alpha value is -1.46. The largest absolute Gasteiger partial charge is 0.387 e. The van der Waals surface area contributed by atoms with Crippen LogP contribution in [0.1, 0.15) is 17.2 Å². The number of aliphatic hydroxyl groups excluding tert-OH is 1. The molecule has 24 heavy (non-hydrogen) atoms. The lowest BCUT2D eigenvalue weighted by Crippen LogP contribution is -2.47. The average Bonchev–Trinajstić information content (AvgIpc) is 2.59. The minimum atomic E-state index is -0.783. The highest BCUT2D eigenvalue weighted by molar-refractivity contribution is 6.30. The third-order valence-electron chi connectivity index (χ3n) is 4.48. The van der Waals surface area contributed by atoms with Crippen LogP contribution in [-0.4, -0.2) is 47.6 Å². The van der Waals surface area contributed by atoms with Gasteiger partial charge in [-0.15, -0.1) is 0 Å². The monoisotopic (exact) mass is 348 g/mol. The van der Waals surface area contributed by atoms with Gasteiger partial charge in [-0.2, -0.15) is 0 Å². The zero-order valence-electron chi connectivity index (χ0n) is 13.5. The van der Waals surface area contributed by atoms with Crippen LogP contribution < -0.4 is 0 Å². The van der Waals surface area contributed by atoms with Crippen LogP contribution in [0.2, 0.25) is 5.02 Å². The molecule has 0 amide bonds. The first-order chi connectivity index (χ1) is 11.6. The molecule has 128 valence electrons. The molecule has 1 N–H and O–H groups in total. The topological polar surface area (TPSA) is 26.7 Å². The first-order valence-corrected chi connectivity index (χ1v) is 8.61. The third-order valence-corrected chi connectivity index (χ3v) is 4.73. The Morgan fingerprint density at radius 3 is 2.25 bits per heavy atom. The third kappa shape index (κ3) is 4.54. The van der Waals surface area contributed by atoms with E-state index in [1.54, 1.807) is 18.2 Å². The lowest BCUT2D eigenvalue weighted by Gasteiger charge is -2.35. The molecule has 1 fully saturated rings. The molecule has 5 heteroatoms. The van der Waals surface area contributed by atoms with Crippen LogP contribution >= 0.6 is 11.6 Å². The first-order valence-electron chi connectivity index (χ1n) is 8.23. The van der Waals surface area contributed by atoms with Crippen molar-refractivity contribution in [3.05, 3.63) is 70.5 Å². The van der Waals surface area contributed by atoms with Crippen LogP contribution in [0.5, 0.6) is 0 Å². The fraction of sp³-hybridized carbons (Fsp3) is 0.368. The number of hydrogen-bond donors (Lipinski definition) is 1. The Balaban J connectivity index is 1.48. The van der Waals surface area contributed by atoms with E-state index in [0.717, 1.165) is 37.7 Å². The quantitative estimate of drug-likeness (QED) is 0.897. The highest BCUT2D eigenvalue weighted by Gasteiger charge is 2.21. The highest BCUT2D eigenvalue weighted by Crippen LogP contribution is 2.19. The molecule has 2 aromatic carbocycles. The standard InChI is InChI=1S/C19H22ClFN2O/c20-16-7-5-15(6-8-16)13-22-9-11-23(12-10-22)14-19(24)17-3-1-2-4-18(17)21/h1-8,19,24H,9-14H2. The van der Waals surface area contributed by atoms with Crippen LogP contribution in [0.4, 0.5) is 4.39 Å². The van der Waals surface area contributed by atoms with Crippen LogP contribution in [0.15, 0.2) is 48.5 Å². The second kappa shape index (κ2) is 8.08. The summed E-state index contributed by atoms with van der Waals surface area (Å²) in [6, 6.07) is 14.4. The van der Waals surface area contributed by atoms with Gasteiger partial charge >= 0.3 is 0 Å². The van der Waals surface area contributed by atoms with Gasteiger partial charge in [-0.3, -0.25) is 9.80 Å². The molecular formula is C19H22ClFN2O. The van der Waals surface area contributed by atoms with Gasteiger partial charge in [0.05, 0.1) is 6.10 Å². The van der Waals surface area contributed by atoms with E-state index >= 15 is 0 Å². The van der Waals surface area contributed by atoms with Crippen molar-refractivity contribution < 1.29 is 9.50 Å². The van der Waals surface area contributed by atoms with Gasteiger partial charge < -0.3 is 5.11 Å². The maximum atomic E-state index is 13.7. The molecule has 2 aromatic rings. The predicted octanol–water partition coefficient (Wildman–Crippen LogP) is 3.33. The van der Waals surface area contributed by atoms with E-state index in [1.807, 2.05) is 12.1 Å². The van der Waals surface area contributed by atoms with Crippen molar-refractivity contribution in [1.29, 1.82) is 0 Å². The van der Waals surface area contributed by atoms with E-state index < -0.39 is 6.10 Å². The van der Waals surface area contributed by atoms with E-state index in [2.05, 4.69) is 21.9 Å². The number of β-amino-alcohol motifs (C(OH)–C–C–N with tert-alkyl or cyclic N) is 1. The predicted molar refractivity (Wildman–Crippen MR) is 94.5 cm³/mol. The normalized spacial score (nSPS) is 17.8. The fourth-order valence-corrected chi connectivity index (χ4v) is 3.19. The Morgan fingerprint density at radius 1 is 0.958 bits per heavy atom. The summed E-state index contributed by atoms with van der Waals surface area (Å²) in [5.41, 5.74) is 1.63. The molecule has 1 aliphatic rings. The molecule has 1 heterocycles. The number of rotatable bonds is 5. The number of nitrogens with zero attached hydrogens (tertiary/aromatic N) is 2. The molecule has 0 spiro atoms. The van der Waals surface area contributed by atoms with Crippen LogP contribution in [0, 0.1) is 5.82 Å². The molecule has 1 saturated heterocycles. The average molecular weight is 349 g/mol. The Morgan fingerprint density at radius 2 is 1.58 bits per heavy atom. The minimum Gasteiger partial charge on any atom is -0.387 e. The van der Waals surface area contributed by atoms with Crippen molar-refractivity contribution in [1.82, 2.24) is 9.80 Å². The Labute approximate surface area is 147 Å². The maximum absolute atomic E-state index is 13.7. The molecule has 3 rings (SSSR count). The van der Waals surface area contributed by atoms with E-state index in [1.165, 1.54) is 11.6 Å². The zero-order chi connectivity index (χ0) is 16.9. The molecule has 1 aliphatic heterocycles. The summed E-state index contributed by atoms with van der Waals surface area (Å²) >= 11 is 5.91. The van der Waals surface area contributed by atoms with Gasteiger partial charge in [-0.25, -0.2) is 4.39 Å². The number of piperazine rings is 1. The van der Waals surface area contributed by atoms with Crippen molar-refractivity contribution in [2.24, 2.45) is 0 Å². The van der Waals surface area contributed by atoms with Crippen molar-refractivity contribution in [3.63, 3.8) is 0 Å². The molecule has 0 bridgehead atoms. The number of aliphatic hydroxyl groups is 1. The van der Waals surface area contributed by atoms with Crippen molar-refractivity contribution >= 4 is 11.6 Å². The summed E-state index contributed by atoms with van der Waals surface area (Å²) in [4.78, 5) is 4.57. The molecule has 1 atom stereocenters. The van der Waals surface area contributed by atoms with Gasteiger partial charge in [-0.1, -0.05) is 41.9 Å². The van der Waals surface area contributed by atoms with Crippen LogP contribution in [0.25, 0.3) is 0 Å². The van der Waals surface area contributed by atoms with Gasteiger partial charge in [0.1, 0.15) is 5.82 Å². The summed E-state index contributed by atoms with van der Waals surface area (Å²) < 4.78 is 13.7. The molecule has 0 aliphatic carbocycles. The molecule has 0 aromatic heterocycles. The maximum Gasteiger partial charge on any atom is 0.129 e. The smallest absolute Gasteiger partial charge is 0.129 e. The second-order valence-corrected chi connectivity index (χ2v) is 6.68. The lowest BCUT2D eigenvalue weighted by molar-refractivity contribution is 0.0685. The number of halogens is 2. The van der Waals surface area contributed by atoms with E-state index in [-0.39, 0.29) is 5.82 Å². The summed E-state index contributed by atoms with van der Waals surface area (Å²) in [6.07, 6.45) is -0.783. The molecular weight excluding hydrogens is 327 g/mol. The van der Waals surface area contributed by atoms with E-state index in [9.17, 15) is 9.50 Å². The number of benzene rings is 2. The van der Waals surface area contributed by atoms with Gasteiger partial charge in [0, 0.05) is 49.9 Å². The Bertz CT molecular complexity index is 657. The van der Waals surface area contributed by atoms with Gasteiger partial charge in [0.2, 0.25) is 0 Å². The Kier molecular flexibility index (Phi) is 5.85. The van der Waals surface area contributed by atoms with Crippen molar-refractivity contribution in [3.8, 4) is 0 Å². The molecule has 3 nitrogen and oxygen atoms in total. The van der Waals surface area contributed by atoms with Crippen LogP contribution in [0.3, 0.4) is 0 Å². The second-order valence-electron chi connectivity index (χ2n) is 6.24. The SMILES string of the molecule is OC(CN1CCN(Cc2ccc(Cl)cc2)CC1)c1ccccc1F. The lowest BCUT2D eigenvalue weighted by atomic mass is 10.1. The molecule has 1 unspecified atom stereocenters. The molecule has 0 radical (unpaired) electrons. The number of hydrogen-bond acceptors (Lipinski definition) is 3. The van der Waals surface area contributed by atoms with Gasteiger partial charge in [0.15, 0.2) is 0 Å². The zero-order valence-corrected chi connectivity index (χ0v) is 14.3. The highest BCUT2D eigenvalue weighted by atomic mass is 35.5. The molecule has 0 saturated carbocycles. The minimum absolute atomic E-state index is 0.341. The first kappa shape index (κ1) is 17.4. The van der Waals surface area contributed by atoms with E-state index in [0.29, 0.717) is 12.1 Å². The fourth-order valence-electron chi connectivity index (χ4n) is 3.07. The van der Waals surface area contributed by atoms with Crippen molar-refractivity contribution in [2.45, 2.75) is 12.6 Å².